The molecule has 2 aromatic heterocycles. The molecule has 0 saturated carbocycles. The highest BCUT2D eigenvalue weighted by Gasteiger charge is 2.15. The summed E-state index contributed by atoms with van der Waals surface area (Å²) in [5.74, 6) is -0.562. The topological polar surface area (TPSA) is 177 Å². The zero-order valence-corrected chi connectivity index (χ0v) is 18.9. The van der Waals surface area contributed by atoms with Gasteiger partial charge in [-0.3, -0.25) is 0 Å². The molecule has 0 amide bonds. The Morgan fingerprint density at radius 2 is 1.91 bits per heavy atom. The molecule has 0 aliphatic carbocycles. The van der Waals surface area contributed by atoms with Gasteiger partial charge in [-0.15, -0.1) is 15.7 Å². The summed E-state index contributed by atoms with van der Waals surface area (Å²) < 4.78 is 32.6. The fourth-order valence-electron chi connectivity index (χ4n) is 2.97. The second-order valence-corrected chi connectivity index (χ2v) is 9.32. The zero-order chi connectivity index (χ0) is 24.3. The van der Waals surface area contributed by atoms with Gasteiger partial charge in [0.15, 0.2) is 0 Å². The molecule has 170 valence electrons. The molecule has 0 spiro atoms. The fraction of sp³-hybridized carbons (Fsp3) is 0. The summed E-state index contributed by atoms with van der Waals surface area (Å²) in [4.78, 5) is 16.7. The van der Waals surface area contributed by atoms with Crippen molar-refractivity contribution in [1.29, 1.82) is 5.26 Å². The Balaban J connectivity index is 1.57. The number of allylic oxidation sites excluding steroid dienone is 1. The maximum Gasteiger partial charge on any atom is 0.345 e. The first kappa shape index (κ1) is 22.7. The Morgan fingerprint density at radius 1 is 1.18 bits per heavy atom. The van der Waals surface area contributed by atoms with Gasteiger partial charge in [-0.25, -0.2) is 9.78 Å². The highest BCUT2D eigenvalue weighted by atomic mass is 32.2. The van der Waals surface area contributed by atoms with Crippen LogP contribution in [0.25, 0.3) is 27.8 Å². The van der Waals surface area contributed by atoms with E-state index in [0.717, 1.165) is 5.39 Å². The van der Waals surface area contributed by atoms with Crippen LogP contribution in [0.15, 0.2) is 84.7 Å². The molecule has 5 N–H and O–H groups in total. The van der Waals surface area contributed by atoms with Gasteiger partial charge >= 0.3 is 5.63 Å². The van der Waals surface area contributed by atoms with Crippen LogP contribution < -0.4 is 22.4 Å². The summed E-state index contributed by atoms with van der Waals surface area (Å²) in [5, 5.41) is 15.3. The van der Waals surface area contributed by atoms with Crippen molar-refractivity contribution in [3.05, 3.63) is 81.6 Å². The van der Waals surface area contributed by atoms with Gasteiger partial charge in [0, 0.05) is 22.7 Å². The van der Waals surface area contributed by atoms with E-state index in [0.29, 0.717) is 27.5 Å². The summed E-state index contributed by atoms with van der Waals surface area (Å²) >= 11 is 1.20. The molecular weight excluding hydrogens is 476 g/mol. The molecule has 0 saturated heterocycles. The third-order valence-electron chi connectivity index (χ3n) is 4.53. The molecule has 2 heterocycles. The van der Waals surface area contributed by atoms with E-state index in [1.165, 1.54) is 41.8 Å². The Morgan fingerprint density at radius 3 is 2.62 bits per heavy atom. The number of fused-ring (bicyclic) bond motifs is 1. The van der Waals surface area contributed by atoms with Crippen LogP contribution in [0.1, 0.15) is 5.01 Å². The highest BCUT2D eigenvalue weighted by Crippen LogP contribution is 2.26. The van der Waals surface area contributed by atoms with Crippen LogP contribution in [-0.2, 0) is 10.0 Å². The number of aromatic nitrogens is 1. The Labute approximate surface area is 197 Å². The third kappa shape index (κ3) is 4.80. The van der Waals surface area contributed by atoms with Gasteiger partial charge in [-0.05, 0) is 36.4 Å². The molecule has 0 radical (unpaired) electrons. The number of para-hydroxylation sites is 1. The first-order chi connectivity index (χ1) is 16.3. The maximum atomic E-state index is 12.4. The van der Waals surface area contributed by atoms with Gasteiger partial charge in [0.1, 0.15) is 22.2 Å². The molecular formula is C22H16N6O4S2. The molecule has 0 aliphatic rings. The first-order valence-corrected chi connectivity index (χ1v) is 11.9. The molecule has 2 aromatic carbocycles. The van der Waals surface area contributed by atoms with E-state index in [9.17, 15) is 18.5 Å². The minimum absolute atomic E-state index is 0.0882. The van der Waals surface area contributed by atoms with Crippen LogP contribution in [-0.4, -0.2) is 19.4 Å². The largest absolute Gasteiger partial charge is 0.422 e. The van der Waals surface area contributed by atoms with E-state index >= 15 is 0 Å². The van der Waals surface area contributed by atoms with Crippen molar-refractivity contribution in [3.8, 4) is 17.3 Å². The zero-order valence-electron chi connectivity index (χ0n) is 17.3. The predicted octanol–water partition coefficient (Wildman–Crippen LogP) is 2.86. The first-order valence-electron chi connectivity index (χ1n) is 9.59. The van der Waals surface area contributed by atoms with E-state index < -0.39 is 21.6 Å². The van der Waals surface area contributed by atoms with E-state index in [1.54, 1.807) is 23.6 Å². The molecule has 10 nitrogen and oxygen atoms in total. The Bertz CT molecular complexity index is 1640. The minimum Gasteiger partial charge on any atom is -0.422 e. The van der Waals surface area contributed by atoms with Gasteiger partial charge in [0.05, 0.1) is 16.2 Å². The standard InChI is InChI=1S/C22H16N6O4S2/c23-10-14(11-26-15-5-7-16(8-6-15)34(30,31)28-22(24)25)20-27-18(12-33-20)17-9-13-3-1-2-4-19(13)32-21(17)29/h1-9,11-12,26H,(H4,24,25,28)/b14-11+. The Hall–Kier alpha value is -4.47. The van der Waals surface area contributed by atoms with Gasteiger partial charge in [-0.2, -0.15) is 13.7 Å². The lowest BCUT2D eigenvalue weighted by atomic mass is 10.1. The maximum absolute atomic E-state index is 12.4. The van der Waals surface area contributed by atoms with Crippen molar-refractivity contribution in [3.63, 3.8) is 0 Å². The summed E-state index contributed by atoms with van der Waals surface area (Å²) in [7, 11) is -4.00. The monoisotopic (exact) mass is 492 g/mol. The molecule has 0 unspecified atom stereocenters. The SMILES string of the molecule is N#C/C(=C\Nc1ccc(S(=O)(=O)N=C(N)N)cc1)c1nc(-c2cc3ccccc3oc2=O)cs1. The predicted molar refractivity (Wildman–Crippen MR) is 130 cm³/mol. The number of hydrogen-bond acceptors (Lipinski definition) is 8. The van der Waals surface area contributed by atoms with Crippen molar-refractivity contribution in [2.24, 2.45) is 15.9 Å². The molecule has 4 rings (SSSR count). The van der Waals surface area contributed by atoms with Crippen molar-refractivity contribution in [2.45, 2.75) is 4.90 Å². The van der Waals surface area contributed by atoms with Crippen molar-refractivity contribution in [2.75, 3.05) is 5.32 Å². The van der Waals surface area contributed by atoms with E-state index in [1.807, 2.05) is 12.1 Å². The smallest absolute Gasteiger partial charge is 0.345 e. The molecule has 12 heteroatoms. The number of hydrogen-bond donors (Lipinski definition) is 3. The van der Waals surface area contributed by atoms with Crippen molar-refractivity contribution < 1.29 is 12.8 Å². The van der Waals surface area contributed by atoms with E-state index in [2.05, 4.69) is 20.8 Å². The molecule has 0 fully saturated rings. The van der Waals surface area contributed by atoms with Crippen LogP contribution in [0.3, 0.4) is 0 Å². The van der Waals surface area contributed by atoms with Crippen LogP contribution in [0.2, 0.25) is 0 Å². The summed E-state index contributed by atoms with van der Waals surface area (Å²) in [5.41, 5.74) is 11.7. The van der Waals surface area contributed by atoms with E-state index in [-0.39, 0.29) is 10.5 Å². The summed E-state index contributed by atoms with van der Waals surface area (Å²) in [6, 6.07) is 16.5. The van der Waals surface area contributed by atoms with Crippen molar-refractivity contribution >= 4 is 49.5 Å². The molecule has 34 heavy (non-hydrogen) atoms. The Kier molecular flexibility index (Phi) is 6.13. The summed E-state index contributed by atoms with van der Waals surface area (Å²) in [6.07, 6.45) is 1.44. The van der Waals surface area contributed by atoms with Crippen LogP contribution in [0.5, 0.6) is 0 Å². The number of nitrogens with one attached hydrogen (secondary N) is 1. The lowest BCUT2D eigenvalue weighted by Crippen LogP contribution is -2.24. The van der Waals surface area contributed by atoms with Crippen LogP contribution in [0, 0.1) is 11.3 Å². The third-order valence-corrected chi connectivity index (χ3v) is 6.73. The number of anilines is 1. The quantitative estimate of drug-likeness (QED) is 0.158. The number of benzene rings is 2. The number of sulfonamides is 1. The molecule has 0 atom stereocenters. The lowest BCUT2D eigenvalue weighted by molar-refractivity contribution is 0.563. The average molecular weight is 493 g/mol. The number of nitrogens with zero attached hydrogens (tertiary/aromatic N) is 3. The number of thiazole rings is 1. The fourth-order valence-corrected chi connectivity index (χ4v) is 4.62. The number of nitriles is 1. The number of nitrogens with two attached hydrogens (primary N) is 2. The number of rotatable bonds is 6. The second-order valence-electron chi connectivity index (χ2n) is 6.85. The van der Waals surface area contributed by atoms with Gasteiger partial charge < -0.3 is 21.2 Å². The normalized spacial score (nSPS) is 11.7. The molecule has 0 bridgehead atoms. The van der Waals surface area contributed by atoms with Gasteiger partial charge in [-0.1, -0.05) is 18.2 Å². The van der Waals surface area contributed by atoms with Crippen LogP contribution >= 0.6 is 11.3 Å². The second kappa shape index (κ2) is 9.18. The molecule has 4 aromatic rings. The minimum atomic E-state index is -4.00. The number of guanidine groups is 1. The van der Waals surface area contributed by atoms with Gasteiger partial charge in [0.2, 0.25) is 5.96 Å². The highest BCUT2D eigenvalue weighted by molar-refractivity contribution is 7.90. The van der Waals surface area contributed by atoms with Crippen LogP contribution in [0.4, 0.5) is 5.69 Å². The lowest BCUT2D eigenvalue weighted by Gasteiger charge is -2.04. The molecule has 0 aliphatic heterocycles. The van der Waals surface area contributed by atoms with Gasteiger partial charge in [0.25, 0.3) is 10.0 Å². The average Bonchev–Trinajstić information content (AvgIpc) is 3.28. The van der Waals surface area contributed by atoms with Crippen molar-refractivity contribution in [1.82, 2.24) is 4.98 Å². The van der Waals surface area contributed by atoms with E-state index in [4.69, 9.17) is 15.9 Å². The summed E-state index contributed by atoms with van der Waals surface area (Å²) in [6.45, 7) is 0.